The number of carbonyl (C=O) groups excluding carboxylic acids is 1. The average Bonchev–Trinajstić information content (AvgIpc) is 2.83. The van der Waals surface area contributed by atoms with Gasteiger partial charge in [-0.2, -0.15) is 0 Å². The Morgan fingerprint density at radius 1 is 1.45 bits per heavy atom. The van der Waals surface area contributed by atoms with Crippen LogP contribution in [0.3, 0.4) is 0 Å². The average molecular weight is 319 g/mol. The standard InChI is InChI=1S/C12H17NO5S2/c1-4-7(2)10(12(15)16)13-11(14)8-5-9(19-6-8)20(3,17)18/h5-7,10H,4H2,1-3H3,(H,13,14)(H,15,16). The van der Waals surface area contributed by atoms with Gasteiger partial charge in [-0.05, 0) is 12.0 Å². The summed E-state index contributed by atoms with van der Waals surface area (Å²) in [5, 5.41) is 12.9. The summed E-state index contributed by atoms with van der Waals surface area (Å²) in [5.41, 5.74) is 0.157. The Labute approximate surface area is 121 Å². The molecule has 1 amide bonds. The molecule has 0 aliphatic heterocycles. The number of carboxylic acid groups (broad SMARTS) is 1. The quantitative estimate of drug-likeness (QED) is 0.825. The van der Waals surface area contributed by atoms with Crippen LogP contribution in [-0.2, 0) is 14.6 Å². The van der Waals surface area contributed by atoms with Gasteiger partial charge in [-0.15, -0.1) is 11.3 Å². The number of hydrogen-bond donors (Lipinski definition) is 2. The Balaban J connectivity index is 2.90. The topological polar surface area (TPSA) is 101 Å². The highest BCUT2D eigenvalue weighted by atomic mass is 32.2. The van der Waals surface area contributed by atoms with E-state index in [0.29, 0.717) is 6.42 Å². The fourth-order valence-electron chi connectivity index (χ4n) is 1.54. The third-order valence-corrected chi connectivity index (χ3v) is 5.74. The van der Waals surface area contributed by atoms with E-state index in [2.05, 4.69) is 5.32 Å². The molecule has 1 aromatic rings. The van der Waals surface area contributed by atoms with Gasteiger partial charge >= 0.3 is 5.97 Å². The monoisotopic (exact) mass is 319 g/mol. The molecule has 2 N–H and O–H groups in total. The maximum absolute atomic E-state index is 12.0. The molecule has 1 heterocycles. The number of rotatable bonds is 6. The lowest BCUT2D eigenvalue weighted by molar-refractivity contribution is -0.140. The number of amides is 1. The molecule has 0 radical (unpaired) electrons. The summed E-state index contributed by atoms with van der Waals surface area (Å²) in [4.78, 5) is 23.1. The van der Waals surface area contributed by atoms with Crippen molar-refractivity contribution in [3.8, 4) is 0 Å². The van der Waals surface area contributed by atoms with Crippen molar-refractivity contribution < 1.29 is 23.1 Å². The van der Waals surface area contributed by atoms with Crippen LogP contribution in [0.4, 0.5) is 0 Å². The molecule has 112 valence electrons. The lowest BCUT2D eigenvalue weighted by atomic mass is 9.99. The number of carboxylic acids is 1. The molecular weight excluding hydrogens is 302 g/mol. The van der Waals surface area contributed by atoms with E-state index in [1.807, 2.05) is 6.92 Å². The van der Waals surface area contributed by atoms with Gasteiger partial charge in [-0.25, -0.2) is 13.2 Å². The first-order valence-electron chi connectivity index (χ1n) is 5.99. The summed E-state index contributed by atoms with van der Waals surface area (Å²) >= 11 is 0.938. The molecule has 0 spiro atoms. The van der Waals surface area contributed by atoms with Crippen molar-refractivity contribution in [2.24, 2.45) is 5.92 Å². The van der Waals surface area contributed by atoms with Gasteiger partial charge in [-0.1, -0.05) is 20.3 Å². The number of nitrogens with one attached hydrogen (secondary N) is 1. The molecule has 0 saturated carbocycles. The zero-order valence-corrected chi connectivity index (χ0v) is 13.0. The number of thiophene rings is 1. The summed E-state index contributed by atoms with van der Waals surface area (Å²) in [5.74, 6) is -1.90. The van der Waals surface area contributed by atoms with Crippen molar-refractivity contribution in [2.45, 2.75) is 30.5 Å². The van der Waals surface area contributed by atoms with Crippen LogP contribution in [0.5, 0.6) is 0 Å². The first kappa shape index (κ1) is 16.6. The molecule has 0 aliphatic rings. The van der Waals surface area contributed by atoms with E-state index in [4.69, 9.17) is 5.11 Å². The second-order valence-electron chi connectivity index (χ2n) is 4.60. The van der Waals surface area contributed by atoms with Crippen LogP contribution in [0.1, 0.15) is 30.6 Å². The van der Waals surface area contributed by atoms with Gasteiger partial charge in [0.15, 0.2) is 9.84 Å². The summed E-state index contributed by atoms with van der Waals surface area (Å²) < 4.78 is 22.8. The predicted octanol–water partition coefficient (Wildman–Crippen LogP) is 1.38. The minimum absolute atomic E-state index is 0.0815. The van der Waals surface area contributed by atoms with E-state index in [0.717, 1.165) is 17.6 Å². The van der Waals surface area contributed by atoms with Gasteiger partial charge < -0.3 is 10.4 Å². The molecular formula is C12H17NO5S2. The SMILES string of the molecule is CCC(C)C(NC(=O)c1csc(S(C)(=O)=O)c1)C(=O)O. The minimum atomic E-state index is -3.36. The number of aliphatic carboxylic acids is 1. The van der Waals surface area contributed by atoms with Crippen LogP contribution in [0, 0.1) is 5.92 Å². The molecule has 6 nitrogen and oxygen atoms in total. The zero-order valence-electron chi connectivity index (χ0n) is 11.4. The van der Waals surface area contributed by atoms with Crippen LogP contribution in [0.25, 0.3) is 0 Å². The maximum Gasteiger partial charge on any atom is 0.326 e. The van der Waals surface area contributed by atoms with Gasteiger partial charge in [0.05, 0.1) is 5.56 Å². The first-order valence-corrected chi connectivity index (χ1v) is 8.76. The Morgan fingerprint density at radius 2 is 2.05 bits per heavy atom. The van der Waals surface area contributed by atoms with Crippen molar-refractivity contribution in [1.82, 2.24) is 5.32 Å². The number of sulfone groups is 1. The molecule has 0 bridgehead atoms. The lowest BCUT2D eigenvalue weighted by Crippen LogP contribution is -2.44. The van der Waals surface area contributed by atoms with Gasteiger partial charge in [0, 0.05) is 11.6 Å². The molecule has 0 aromatic carbocycles. The van der Waals surface area contributed by atoms with E-state index in [1.54, 1.807) is 6.92 Å². The van der Waals surface area contributed by atoms with Gasteiger partial charge in [0.1, 0.15) is 10.3 Å². The fourth-order valence-corrected chi connectivity index (χ4v) is 3.34. The van der Waals surface area contributed by atoms with E-state index < -0.39 is 27.8 Å². The van der Waals surface area contributed by atoms with Crippen LogP contribution in [-0.4, -0.2) is 37.7 Å². The largest absolute Gasteiger partial charge is 0.480 e. The van der Waals surface area contributed by atoms with Crippen LogP contribution in [0.2, 0.25) is 0 Å². The molecule has 0 aliphatic carbocycles. The van der Waals surface area contributed by atoms with E-state index in [1.165, 1.54) is 11.4 Å². The summed E-state index contributed by atoms with van der Waals surface area (Å²) in [6, 6.07) is 0.263. The summed E-state index contributed by atoms with van der Waals surface area (Å²) in [7, 11) is -3.36. The van der Waals surface area contributed by atoms with Gasteiger partial charge in [0.2, 0.25) is 0 Å². The second kappa shape index (κ2) is 6.36. The highest BCUT2D eigenvalue weighted by molar-refractivity contribution is 7.92. The van der Waals surface area contributed by atoms with Crippen LogP contribution < -0.4 is 5.32 Å². The maximum atomic E-state index is 12.0. The number of hydrogen-bond acceptors (Lipinski definition) is 5. The van der Waals surface area contributed by atoms with Crippen LogP contribution in [0.15, 0.2) is 15.7 Å². The highest BCUT2D eigenvalue weighted by Crippen LogP contribution is 2.20. The van der Waals surface area contributed by atoms with Crippen molar-refractivity contribution in [2.75, 3.05) is 6.26 Å². The fraction of sp³-hybridized carbons (Fsp3) is 0.500. The molecule has 2 atom stereocenters. The molecule has 20 heavy (non-hydrogen) atoms. The molecule has 8 heteroatoms. The molecule has 1 rings (SSSR count). The van der Waals surface area contributed by atoms with E-state index in [-0.39, 0.29) is 15.7 Å². The molecule has 2 unspecified atom stereocenters. The normalized spacial score (nSPS) is 14.6. The number of carbonyl (C=O) groups is 2. The zero-order chi connectivity index (χ0) is 15.5. The van der Waals surface area contributed by atoms with Crippen molar-refractivity contribution in [3.05, 3.63) is 17.0 Å². The smallest absolute Gasteiger partial charge is 0.326 e. The van der Waals surface area contributed by atoms with Gasteiger partial charge in [0.25, 0.3) is 5.91 Å². The Bertz CT molecular complexity index is 605. The second-order valence-corrected chi connectivity index (χ2v) is 7.76. The van der Waals surface area contributed by atoms with E-state index >= 15 is 0 Å². The Morgan fingerprint density at radius 3 is 2.45 bits per heavy atom. The summed E-state index contributed by atoms with van der Waals surface area (Å²) in [6.07, 6.45) is 1.66. The third kappa shape index (κ3) is 4.04. The third-order valence-electron chi connectivity index (χ3n) is 2.97. The van der Waals surface area contributed by atoms with Crippen molar-refractivity contribution in [3.63, 3.8) is 0 Å². The first-order chi connectivity index (χ1) is 9.16. The van der Waals surface area contributed by atoms with E-state index in [9.17, 15) is 18.0 Å². The summed E-state index contributed by atoms with van der Waals surface area (Å²) in [6.45, 7) is 3.56. The minimum Gasteiger partial charge on any atom is -0.480 e. The molecule has 0 fully saturated rings. The predicted molar refractivity (Wildman–Crippen MR) is 75.8 cm³/mol. The lowest BCUT2D eigenvalue weighted by Gasteiger charge is -2.19. The highest BCUT2D eigenvalue weighted by Gasteiger charge is 2.26. The molecule has 0 saturated heterocycles. The molecule has 1 aromatic heterocycles. The van der Waals surface area contributed by atoms with Crippen molar-refractivity contribution in [1.29, 1.82) is 0 Å². The Hall–Kier alpha value is -1.41. The van der Waals surface area contributed by atoms with Crippen molar-refractivity contribution >= 4 is 33.1 Å². The van der Waals surface area contributed by atoms with Gasteiger partial charge in [-0.3, -0.25) is 4.79 Å². The van der Waals surface area contributed by atoms with Crippen LogP contribution >= 0.6 is 11.3 Å². The Kier molecular flexibility index (Phi) is 5.29.